The second-order valence-corrected chi connectivity index (χ2v) is 4.92. The number of nitrogens with one attached hydrogen (secondary N) is 1. The molecule has 0 bridgehead atoms. The van der Waals surface area contributed by atoms with Crippen molar-refractivity contribution in [2.75, 3.05) is 19.0 Å². The molecule has 1 N–H and O–H groups in total. The lowest BCUT2D eigenvalue weighted by atomic mass is 10.1. The van der Waals surface area contributed by atoms with Crippen molar-refractivity contribution in [2.24, 2.45) is 0 Å². The lowest BCUT2D eigenvalue weighted by Crippen LogP contribution is -2.06. The summed E-state index contributed by atoms with van der Waals surface area (Å²) in [4.78, 5) is 4.20. The van der Waals surface area contributed by atoms with Gasteiger partial charge in [-0.1, -0.05) is 6.07 Å². The van der Waals surface area contributed by atoms with Crippen LogP contribution in [0.2, 0.25) is 0 Å². The number of nitrogens with zero attached hydrogens (tertiary/aromatic N) is 1. The van der Waals surface area contributed by atoms with Crippen LogP contribution in [0.25, 0.3) is 0 Å². The maximum Gasteiger partial charge on any atom is 0.165 e. The first-order valence-corrected chi connectivity index (χ1v) is 6.66. The second-order valence-electron chi connectivity index (χ2n) is 4.01. The Morgan fingerprint density at radius 2 is 2.16 bits per heavy atom. The molecule has 1 heterocycles. The lowest BCUT2D eigenvalue weighted by Gasteiger charge is -2.07. The molecule has 2 rings (SSSR count). The highest BCUT2D eigenvalue weighted by atomic mass is 79.9. The molecule has 3 nitrogen and oxygen atoms in total. The molecule has 0 unspecified atom stereocenters. The van der Waals surface area contributed by atoms with Gasteiger partial charge in [-0.15, -0.1) is 0 Å². The summed E-state index contributed by atoms with van der Waals surface area (Å²) in [6, 6.07) is 8.80. The average molecular weight is 325 g/mol. The van der Waals surface area contributed by atoms with E-state index in [0.717, 1.165) is 22.3 Å². The van der Waals surface area contributed by atoms with Gasteiger partial charge in [0.1, 0.15) is 5.82 Å². The molecule has 0 saturated heterocycles. The van der Waals surface area contributed by atoms with Crippen LogP contribution in [-0.2, 0) is 6.42 Å². The molecule has 19 heavy (non-hydrogen) atoms. The van der Waals surface area contributed by atoms with Crippen LogP contribution in [0, 0.1) is 5.82 Å². The number of anilines is 1. The number of pyridine rings is 1. The van der Waals surface area contributed by atoms with Crippen LogP contribution in [0.4, 0.5) is 10.2 Å². The van der Waals surface area contributed by atoms with E-state index in [0.29, 0.717) is 6.54 Å². The summed E-state index contributed by atoms with van der Waals surface area (Å²) in [7, 11) is 1.46. The van der Waals surface area contributed by atoms with Crippen LogP contribution in [-0.4, -0.2) is 18.6 Å². The van der Waals surface area contributed by atoms with E-state index in [4.69, 9.17) is 4.74 Å². The monoisotopic (exact) mass is 324 g/mol. The summed E-state index contributed by atoms with van der Waals surface area (Å²) in [5.41, 5.74) is 0.919. The van der Waals surface area contributed by atoms with Crippen LogP contribution in [0.15, 0.2) is 41.0 Å². The van der Waals surface area contributed by atoms with E-state index in [9.17, 15) is 4.39 Å². The van der Waals surface area contributed by atoms with E-state index in [1.807, 2.05) is 18.2 Å². The fourth-order valence-corrected chi connectivity index (χ4v) is 1.92. The van der Waals surface area contributed by atoms with E-state index in [1.165, 1.54) is 13.2 Å². The highest BCUT2D eigenvalue weighted by Crippen LogP contribution is 2.18. The zero-order valence-corrected chi connectivity index (χ0v) is 12.1. The molecule has 0 amide bonds. The van der Waals surface area contributed by atoms with Gasteiger partial charge in [0.2, 0.25) is 0 Å². The van der Waals surface area contributed by atoms with Crippen LogP contribution in [0.5, 0.6) is 5.75 Å². The highest BCUT2D eigenvalue weighted by Gasteiger charge is 2.03. The first kappa shape index (κ1) is 13.8. The Bertz CT molecular complexity index is 546. The predicted octanol–water partition coefficient (Wildman–Crippen LogP) is 3.65. The van der Waals surface area contributed by atoms with Gasteiger partial charge in [0, 0.05) is 17.2 Å². The van der Waals surface area contributed by atoms with Crippen molar-refractivity contribution in [3.63, 3.8) is 0 Å². The van der Waals surface area contributed by atoms with Gasteiger partial charge in [0.15, 0.2) is 11.6 Å². The van der Waals surface area contributed by atoms with Gasteiger partial charge in [0.25, 0.3) is 0 Å². The van der Waals surface area contributed by atoms with Gasteiger partial charge in [0.05, 0.1) is 7.11 Å². The number of methoxy groups -OCH3 is 1. The molecule has 0 radical (unpaired) electrons. The smallest absolute Gasteiger partial charge is 0.165 e. The van der Waals surface area contributed by atoms with Gasteiger partial charge < -0.3 is 10.1 Å². The van der Waals surface area contributed by atoms with Gasteiger partial charge in [-0.25, -0.2) is 9.37 Å². The lowest BCUT2D eigenvalue weighted by molar-refractivity contribution is 0.386. The van der Waals surface area contributed by atoms with E-state index in [2.05, 4.69) is 26.2 Å². The summed E-state index contributed by atoms with van der Waals surface area (Å²) in [5, 5.41) is 3.18. The summed E-state index contributed by atoms with van der Waals surface area (Å²) in [5.74, 6) is 0.741. The zero-order chi connectivity index (χ0) is 13.7. The minimum Gasteiger partial charge on any atom is -0.494 e. The first-order chi connectivity index (χ1) is 9.19. The minimum atomic E-state index is -0.332. The van der Waals surface area contributed by atoms with Crippen molar-refractivity contribution in [1.29, 1.82) is 0 Å². The normalized spacial score (nSPS) is 10.3. The summed E-state index contributed by atoms with van der Waals surface area (Å²) in [6.07, 6.45) is 2.45. The molecule has 0 atom stereocenters. The van der Waals surface area contributed by atoms with Gasteiger partial charge in [-0.2, -0.15) is 0 Å². The number of halogens is 2. The topological polar surface area (TPSA) is 34.1 Å². The molecule has 0 aliphatic rings. The SMILES string of the molecule is COc1ccc(CCNc2ccc(Br)cn2)cc1F. The maximum atomic E-state index is 13.5. The quantitative estimate of drug-likeness (QED) is 0.911. The molecule has 100 valence electrons. The Balaban J connectivity index is 1.88. The zero-order valence-electron chi connectivity index (χ0n) is 10.5. The Kier molecular flexibility index (Phi) is 4.74. The Hall–Kier alpha value is -1.62. The van der Waals surface area contributed by atoms with Crippen molar-refractivity contribution < 1.29 is 9.13 Å². The molecule has 2 aromatic rings. The predicted molar refractivity (Wildman–Crippen MR) is 77.1 cm³/mol. The van der Waals surface area contributed by atoms with E-state index >= 15 is 0 Å². The molecule has 0 aliphatic heterocycles. The highest BCUT2D eigenvalue weighted by molar-refractivity contribution is 9.10. The number of hydrogen-bond donors (Lipinski definition) is 1. The van der Waals surface area contributed by atoms with Crippen molar-refractivity contribution in [1.82, 2.24) is 4.98 Å². The van der Waals surface area contributed by atoms with Gasteiger partial charge in [-0.3, -0.25) is 0 Å². The largest absolute Gasteiger partial charge is 0.494 e. The summed E-state index contributed by atoms with van der Waals surface area (Å²) < 4.78 is 19.3. The van der Waals surface area contributed by atoms with Crippen molar-refractivity contribution in [2.45, 2.75) is 6.42 Å². The molecule has 0 saturated carbocycles. The molecular weight excluding hydrogens is 311 g/mol. The number of benzene rings is 1. The molecule has 0 fully saturated rings. The van der Waals surface area contributed by atoms with Gasteiger partial charge >= 0.3 is 0 Å². The number of aromatic nitrogens is 1. The molecule has 1 aromatic carbocycles. The van der Waals surface area contributed by atoms with Crippen LogP contribution in [0.3, 0.4) is 0 Å². The standard InChI is InChI=1S/C14H14BrFN2O/c1-19-13-4-2-10(8-12(13)16)6-7-17-14-5-3-11(15)9-18-14/h2-5,8-9H,6-7H2,1H3,(H,17,18). The summed E-state index contributed by atoms with van der Waals surface area (Å²) >= 11 is 3.33. The van der Waals surface area contributed by atoms with Crippen LogP contribution in [0.1, 0.15) is 5.56 Å². The Morgan fingerprint density at radius 3 is 2.79 bits per heavy atom. The number of rotatable bonds is 5. The fourth-order valence-electron chi connectivity index (χ4n) is 1.68. The summed E-state index contributed by atoms with van der Waals surface area (Å²) in [6.45, 7) is 0.695. The number of hydrogen-bond acceptors (Lipinski definition) is 3. The van der Waals surface area contributed by atoms with E-state index < -0.39 is 0 Å². The fraction of sp³-hybridized carbons (Fsp3) is 0.214. The number of ether oxygens (including phenoxy) is 1. The van der Waals surface area contributed by atoms with Crippen molar-refractivity contribution in [3.05, 3.63) is 52.4 Å². The third-order valence-corrected chi connectivity index (χ3v) is 3.13. The molecular formula is C14H14BrFN2O. The van der Waals surface area contributed by atoms with Gasteiger partial charge in [-0.05, 0) is 52.2 Å². The average Bonchev–Trinajstić information content (AvgIpc) is 2.41. The van der Waals surface area contributed by atoms with Crippen molar-refractivity contribution in [3.8, 4) is 5.75 Å². The first-order valence-electron chi connectivity index (χ1n) is 5.87. The second kappa shape index (κ2) is 6.52. The van der Waals surface area contributed by atoms with Crippen LogP contribution < -0.4 is 10.1 Å². The van der Waals surface area contributed by atoms with Crippen molar-refractivity contribution >= 4 is 21.7 Å². The Labute approximate surface area is 119 Å². The molecule has 0 spiro atoms. The molecule has 0 aliphatic carbocycles. The Morgan fingerprint density at radius 1 is 1.32 bits per heavy atom. The van der Waals surface area contributed by atoms with E-state index in [-0.39, 0.29) is 11.6 Å². The third-order valence-electron chi connectivity index (χ3n) is 2.66. The minimum absolute atomic E-state index is 0.270. The molecule has 5 heteroatoms. The third kappa shape index (κ3) is 3.92. The van der Waals surface area contributed by atoms with Crippen LogP contribution >= 0.6 is 15.9 Å². The molecule has 1 aromatic heterocycles. The van der Waals surface area contributed by atoms with E-state index in [1.54, 1.807) is 12.3 Å². The maximum absolute atomic E-state index is 13.5.